The van der Waals surface area contributed by atoms with E-state index in [1.807, 2.05) is 0 Å². The maximum atomic E-state index is 12.5. The number of rotatable bonds is 3. The van der Waals surface area contributed by atoms with Crippen molar-refractivity contribution in [2.45, 2.75) is 37.8 Å². The molecule has 8 nitrogen and oxygen atoms in total. The van der Waals surface area contributed by atoms with Crippen molar-refractivity contribution in [3.8, 4) is 0 Å². The second-order valence-corrected chi connectivity index (χ2v) is 8.10. The molecule has 0 spiro atoms. The summed E-state index contributed by atoms with van der Waals surface area (Å²) in [6.45, 7) is 1.55. The fraction of sp³-hybridized carbons (Fsp3) is 0.467. The molecule has 1 atom stereocenters. The van der Waals surface area contributed by atoms with E-state index in [-0.39, 0.29) is 22.7 Å². The zero-order valence-corrected chi connectivity index (χ0v) is 15.2. The predicted molar refractivity (Wildman–Crippen MR) is 98.4 cm³/mol. The molecule has 0 radical (unpaired) electrons. The minimum atomic E-state index is -0.395. The molecule has 2 aliphatic heterocycles. The zero-order chi connectivity index (χ0) is 17.6. The topological polar surface area (TPSA) is 116 Å². The van der Waals surface area contributed by atoms with Crippen molar-refractivity contribution in [3.63, 3.8) is 0 Å². The first kappa shape index (κ1) is 16.5. The molecular formula is C15H16N6O2S2. The summed E-state index contributed by atoms with van der Waals surface area (Å²) in [5.41, 5.74) is 1.06. The fourth-order valence-corrected chi connectivity index (χ4v) is 5.17. The number of aryl methyl sites for hydroxylation is 1. The summed E-state index contributed by atoms with van der Waals surface area (Å²) in [6, 6.07) is 0. The quantitative estimate of drug-likeness (QED) is 0.624. The lowest BCUT2D eigenvalue weighted by Crippen LogP contribution is -2.32. The smallest absolute Gasteiger partial charge is 0.294 e. The van der Waals surface area contributed by atoms with Gasteiger partial charge in [-0.05, 0) is 43.1 Å². The van der Waals surface area contributed by atoms with Crippen LogP contribution in [0.2, 0.25) is 0 Å². The van der Waals surface area contributed by atoms with E-state index in [2.05, 4.69) is 20.2 Å². The van der Waals surface area contributed by atoms with Crippen molar-refractivity contribution in [1.29, 1.82) is 0 Å². The van der Waals surface area contributed by atoms with Crippen LogP contribution in [0, 0.1) is 12.8 Å². The summed E-state index contributed by atoms with van der Waals surface area (Å²) in [6.07, 6.45) is 4.30. The Morgan fingerprint density at radius 1 is 1.24 bits per heavy atom. The van der Waals surface area contributed by atoms with E-state index in [1.54, 1.807) is 18.7 Å². The standard InChI is InChI=1S/C15H16N6O2S2/c1-7-14(23)21(16)15(20-19-7)24-6-10-17-12(22)11-8-4-2-3-5-9(8)25-13(11)18-10/h11H,2-6,16H2,1H3. The summed E-state index contributed by atoms with van der Waals surface area (Å²) >= 11 is 2.82. The number of amidine groups is 1. The molecule has 4 rings (SSSR count). The Morgan fingerprint density at radius 3 is 2.88 bits per heavy atom. The lowest BCUT2D eigenvalue weighted by Gasteiger charge is -2.18. The van der Waals surface area contributed by atoms with E-state index in [0.29, 0.717) is 11.6 Å². The van der Waals surface area contributed by atoms with Crippen LogP contribution in [0.15, 0.2) is 30.4 Å². The molecule has 1 aliphatic carbocycles. The number of thioether (sulfide) groups is 2. The van der Waals surface area contributed by atoms with E-state index < -0.39 is 5.56 Å². The summed E-state index contributed by atoms with van der Waals surface area (Å²) in [7, 11) is 0. The van der Waals surface area contributed by atoms with Crippen LogP contribution in [0.4, 0.5) is 0 Å². The Balaban J connectivity index is 1.52. The molecule has 0 aromatic carbocycles. The SMILES string of the molecule is Cc1nnc(SCC2=NC(=O)C3C(=N2)SC2=C3CCCC2)n(N)c1=O. The molecule has 0 bridgehead atoms. The molecule has 2 N–H and O–H groups in total. The first-order chi connectivity index (χ1) is 12.0. The molecule has 0 saturated heterocycles. The average molecular weight is 376 g/mol. The number of nitrogen functional groups attached to an aromatic ring is 1. The third kappa shape index (κ3) is 2.93. The Labute approximate surface area is 152 Å². The van der Waals surface area contributed by atoms with Gasteiger partial charge in [-0.15, -0.1) is 10.2 Å². The number of amides is 1. The summed E-state index contributed by atoms with van der Waals surface area (Å²) in [5, 5.41) is 8.80. The van der Waals surface area contributed by atoms with Crippen LogP contribution in [0.1, 0.15) is 31.4 Å². The van der Waals surface area contributed by atoms with Crippen LogP contribution < -0.4 is 11.4 Å². The third-order valence-corrected chi connectivity index (χ3v) is 6.54. The van der Waals surface area contributed by atoms with Gasteiger partial charge in [0.05, 0.1) is 10.8 Å². The van der Waals surface area contributed by atoms with Crippen LogP contribution in [0.5, 0.6) is 0 Å². The number of fused-ring (bicyclic) bond motifs is 2. The van der Waals surface area contributed by atoms with E-state index in [4.69, 9.17) is 5.84 Å². The van der Waals surface area contributed by atoms with Crippen LogP contribution in [0.3, 0.4) is 0 Å². The number of allylic oxidation sites excluding steroid dienone is 1. The zero-order valence-electron chi connectivity index (χ0n) is 13.6. The molecular weight excluding hydrogens is 360 g/mol. The molecule has 1 amide bonds. The monoisotopic (exact) mass is 376 g/mol. The number of nitrogens with two attached hydrogens (primary N) is 1. The van der Waals surface area contributed by atoms with E-state index in [0.717, 1.165) is 29.0 Å². The molecule has 130 valence electrons. The van der Waals surface area contributed by atoms with Crippen molar-refractivity contribution in [2.24, 2.45) is 15.9 Å². The highest BCUT2D eigenvalue weighted by atomic mass is 32.2. The van der Waals surface area contributed by atoms with Gasteiger partial charge in [0.2, 0.25) is 5.16 Å². The highest BCUT2D eigenvalue weighted by Crippen LogP contribution is 2.47. The fourth-order valence-electron chi connectivity index (χ4n) is 3.11. The highest BCUT2D eigenvalue weighted by Gasteiger charge is 2.40. The maximum Gasteiger partial charge on any atom is 0.294 e. The van der Waals surface area contributed by atoms with Crippen molar-refractivity contribution in [1.82, 2.24) is 14.9 Å². The second-order valence-electron chi connectivity index (χ2n) is 6.04. The van der Waals surface area contributed by atoms with E-state index >= 15 is 0 Å². The summed E-state index contributed by atoms with van der Waals surface area (Å²) < 4.78 is 0.957. The lowest BCUT2D eigenvalue weighted by atomic mass is 9.89. The number of hydrogen-bond donors (Lipinski definition) is 1. The molecule has 1 unspecified atom stereocenters. The van der Waals surface area contributed by atoms with Crippen molar-refractivity contribution in [3.05, 3.63) is 26.5 Å². The molecule has 1 aromatic heterocycles. The number of nitrogens with zero attached hydrogens (tertiary/aromatic N) is 5. The van der Waals surface area contributed by atoms with Gasteiger partial charge in [0.15, 0.2) is 0 Å². The summed E-state index contributed by atoms with van der Waals surface area (Å²) in [5.74, 6) is 6.06. The molecule has 25 heavy (non-hydrogen) atoms. The van der Waals surface area contributed by atoms with Gasteiger partial charge >= 0.3 is 0 Å². The lowest BCUT2D eigenvalue weighted by molar-refractivity contribution is -0.118. The molecule has 1 aromatic rings. The predicted octanol–water partition coefficient (Wildman–Crippen LogP) is 1.28. The van der Waals surface area contributed by atoms with Gasteiger partial charge in [0.1, 0.15) is 17.4 Å². The molecule has 3 aliphatic rings. The maximum absolute atomic E-state index is 12.5. The number of carbonyl (C=O) groups is 1. The van der Waals surface area contributed by atoms with Gasteiger partial charge in [0.25, 0.3) is 11.5 Å². The summed E-state index contributed by atoms with van der Waals surface area (Å²) in [4.78, 5) is 34.3. The van der Waals surface area contributed by atoms with Crippen LogP contribution in [-0.4, -0.2) is 37.4 Å². The Hall–Kier alpha value is -1.94. The first-order valence-corrected chi connectivity index (χ1v) is 9.79. The highest BCUT2D eigenvalue weighted by molar-refractivity contribution is 8.17. The van der Waals surface area contributed by atoms with E-state index in [1.165, 1.54) is 28.7 Å². The second kappa shape index (κ2) is 6.41. The van der Waals surface area contributed by atoms with Gasteiger partial charge in [0, 0.05) is 0 Å². The van der Waals surface area contributed by atoms with Gasteiger partial charge in [-0.25, -0.2) is 4.99 Å². The molecule has 0 saturated carbocycles. The van der Waals surface area contributed by atoms with E-state index in [9.17, 15) is 9.59 Å². The molecule has 3 heterocycles. The number of carbonyl (C=O) groups excluding carboxylic acids is 1. The van der Waals surface area contributed by atoms with Gasteiger partial charge in [-0.3, -0.25) is 9.59 Å². The molecule has 0 fully saturated rings. The minimum Gasteiger partial charge on any atom is -0.334 e. The van der Waals surface area contributed by atoms with Crippen molar-refractivity contribution >= 4 is 40.3 Å². The number of aliphatic imine (C=N–C) groups is 2. The third-order valence-electron chi connectivity index (χ3n) is 4.36. The van der Waals surface area contributed by atoms with Crippen LogP contribution in [0.25, 0.3) is 0 Å². The number of hydrogen-bond acceptors (Lipinski definition) is 8. The van der Waals surface area contributed by atoms with Crippen LogP contribution >= 0.6 is 23.5 Å². The average Bonchev–Trinajstić information content (AvgIpc) is 2.98. The first-order valence-electron chi connectivity index (χ1n) is 7.98. The van der Waals surface area contributed by atoms with Crippen molar-refractivity contribution < 1.29 is 4.79 Å². The largest absolute Gasteiger partial charge is 0.334 e. The normalized spacial score (nSPS) is 22.4. The minimum absolute atomic E-state index is 0.139. The van der Waals surface area contributed by atoms with Gasteiger partial charge in [-0.1, -0.05) is 23.5 Å². The Bertz CT molecular complexity index is 917. The molecule has 10 heteroatoms. The van der Waals surface area contributed by atoms with Crippen LogP contribution in [-0.2, 0) is 4.79 Å². The van der Waals surface area contributed by atoms with Gasteiger partial charge < -0.3 is 5.84 Å². The Morgan fingerprint density at radius 2 is 2.04 bits per heavy atom. The number of aromatic nitrogens is 3. The van der Waals surface area contributed by atoms with Crippen molar-refractivity contribution in [2.75, 3.05) is 11.6 Å². The van der Waals surface area contributed by atoms with Gasteiger partial charge in [-0.2, -0.15) is 9.67 Å². The Kier molecular flexibility index (Phi) is 4.24.